The van der Waals surface area contributed by atoms with Crippen LogP contribution < -0.4 is 11.5 Å². The quantitative estimate of drug-likeness (QED) is 0.506. The largest absolute Gasteiger partial charge is 0.398 e. The Morgan fingerprint density at radius 3 is 2.43 bits per heavy atom. The summed E-state index contributed by atoms with van der Waals surface area (Å²) in [6, 6.07) is 6.54. The molecule has 0 spiro atoms. The molecule has 0 saturated heterocycles. The molecular formula is C9H14Br2N2O. The van der Waals surface area contributed by atoms with Crippen molar-refractivity contribution in [3.63, 3.8) is 0 Å². The van der Waals surface area contributed by atoms with Gasteiger partial charge in [0, 0.05) is 20.4 Å². The van der Waals surface area contributed by atoms with E-state index in [9.17, 15) is 4.79 Å². The Kier molecular flexibility index (Phi) is 6.65. The van der Waals surface area contributed by atoms with E-state index in [-0.39, 0.29) is 46.2 Å². The summed E-state index contributed by atoms with van der Waals surface area (Å²) in [5.41, 5.74) is 11.3. The molecule has 80 valence electrons. The van der Waals surface area contributed by atoms with Crippen LogP contribution in [0.2, 0.25) is 0 Å². The zero-order valence-corrected chi connectivity index (χ0v) is 10.8. The van der Waals surface area contributed by atoms with Crippen LogP contribution in [0.15, 0.2) is 24.3 Å². The van der Waals surface area contributed by atoms with Gasteiger partial charge in [-0.3, -0.25) is 4.79 Å². The Balaban J connectivity index is 0. The van der Waals surface area contributed by atoms with Gasteiger partial charge in [-0.15, -0.1) is 34.0 Å². The molecule has 4 N–H and O–H groups in total. The Bertz CT molecular complexity index is 356. The highest BCUT2D eigenvalue weighted by molar-refractivity contribution is 8.93. The molecule has 0 bridgehead atoms. The topological polar surface area (TPSA) is 69.1 Å². The molecule has 0 aliphatic rings. The fourth-order valence-electron chi connectivity index (χ4n) is 0.939. The van der Waals surface area contributed by atoms with Crippen molar-refractivity contribution in [1.29, 1.82) is 0 Å². The van der Waals surface area contributed by atoms with E-state index in [0.717, 1.165) is 0 Å². The third-order valence-corrected chi connectivity index (χ3v) is 1.52. The number of ketones is 1. The summed E-state index contributed by atoms with van der Waals surface area (Å²) >= 11 is 0. The maximum absolute atomic E-state index is 11.5. The lowest BCUT2D eigenvalue weighted by Crippen LogP contribution is -2.09. The summed E-state index contributed by atoms with van der Waals surface area (Å²) in [4.78, 5) is 11.5. The number of rotatable bonds is 3. The SMILES string of the molecule is Br.Br.[2H][13C]([2H])(N)CC(=O)c1ccccc1N. The van der Waals surface area contributed by atoms with Crippen LogP contribution in [0.25, 0.3) is 0 Å². The van der Waals surface area contributed by atoms with Crippen molar-refractivity contribution in [2.75, 3.05) is 12.2 Å². The Hall–Kier alpha value is -0.390. The van der Waals surface area contributed by atoms with E-state index >= 15 is 0 Å². The second kappa shape index (κ2) is 7.96. The Labute approximate surface area is 107 Å². The number of anilines is 1. The second-order valence-electron chi connectivity index (χ2n) is 2.39. The highest BCUT2D eigenvalue weighted by Crippen LogP contribution is 2.11. The first-order valence-electron chi connectivity index (χ1n) is 4.57. The molecule has 0 aliphatic carbocycles. The number of nitrogen functional groups attached to an aromatic ring is 1. The van der Waals surface area contributed by atoms with E-state index in [0.29, 0.717) is 11.3 Å². The summed E-state index contributed by atoms with van der Waals surface area (Å²) in [6.45, 7) is -1.99. The highest BCUT2D eigenvalue weighted by atomic mass is 79.9. The van der Waals surface area contributed by atoms with Gasteiger partial charge in [0.2, 0.25) is 0 Å². The van der Waals surface area contributed by atoms with Crippen molar-refractivity contribution >= 4 is 45.4 Å². The van der Waals surface area contributed by atoms with E-state index in [2.05, 4.69) is 0 Å². The van der Waals surface area contributed by atoms with Gasteiger partial charge in [0.15, 0.2) is 5.78 Å². The van der Waals surface area contributed by atoms with Gasteiger partial charge in [-0.2, -0.15) is 0 Å². The van der Waals surface area contributed by atoms with Gasteiger partial charge < -0.3 is 11.5 Å². The molecule has 0 saturated carbocycles. The molecule has 1 aromatic carbocycles. The minimum Gasteiger partial charge on any atom is -0.398 e. The van der Waals surface area contributed by atoms with Crippen molar-refractivity contribution < 1.29 is 7.54 Å². The zero-order valence-electron chi connectivity index (χ0n) is 9.40. The van der Waals surface area contributed by atoms with Crippen LogP contribution in [0, 0.1) is 0 Å². The summed E-state index contributed by atoms with van der Waals surface area (Å²) in [5.74, 6) is -0.379. The number of para-hydroxylation sites is 1. The van der Waals surface area contributed by atoms with Crippen molar-refractivity contribution in [3.05, 3.63) is 29.8 Å². The van der Waals surface area contributed by atoms with Gasteiger partial charge in [0.1, 0.15) is 0 Å². The molecule has 1 rings (SSSR count). The molecule has 0 aromatic heterocycles. The first kappa shape index (κ1) is 11.7. The molecule has 0 heterocycles. The number of halogens is 2. The molecule has 3 nitrogen and oxygen atoms in total. The number of carbonyl (C=O) groups is 1. The van der Waals surface area contributed by atoms with Gasteiger partial charge in [-0.1, -0.05) is 12.1 Å². The van der Waals surface area contributed by atoms with E-state index in [1.54, 1.807) is 24.3 Å². The zero-order chi connectivity index (χ0) is 10.8. The predicted molar refractivity (Wildman–Crippen MR) is 69.5 cm³/mol. The number of nitrogens with two attached hydrogens (primary N) is 2. The third kappa shape index (κ3) is 4.21. The smallest absolute Gasteiger partial charge is 0.166 e. The van der Waals surface area contributed by atoms with E-state index in [1.807, 2.05) is 0 Å². The minimum atomic E-state index is -1.99. The van der Waals surface area contributed by atoms with Crippen LogP contribution in [0.4, 0.5) is 5.69 Å². The first-order valence-corrected chi connectivity index (χ1v) is 3.57. The molecule has 1 aromatic rings. The van der Waals surface area contributed by atoms with E-state index in [1.165, 1.54) is 0 Å². The van der Waals surface area contributed by atoms with Crippen LogP contribution in [-0.4, -0.2) is 12.3 Å². The molecule has 0 amide bonds. The standard InChI is InChI=1S/C9H12N2O.2BrH/c10-6-5-9(12)7-3-1-2-4-8(7)11;;/h1-4H,5-6,10-11H2;2*1H/i6+1D2;;. The summed E-state index contributed by atoms with van der Waals surface area (Å²) < 4.78 is 14.1. The van der Waals surface area contributed by atoms with Gasteiger partial charge in [-0.05, 0) is 18.6 Å². The molecule has 0 aliphatic heterocycles. The predicted octanol–water partition coefficient (Wildman–Crippen LogP) is 1.96. The average molecular weight is 329 g/mol. The average Bonchev–Trinajstić information content (AvgIpc) is 2.01. The van der Waals surface area contributed by atoms with Crippen molar-refractivity contribution in [1.82, 2.24) is 0 Å². The second-order valence-corrected chi connectivity index (χ2v) is 2.39. The molecule has 0 unspecified atom stereocenters. The van der Waals surface area contributed by atoms with Crippen LogP contribution in [0.5, 0.6) is 0 Å². The maximum atomic E-state index is 11.5. The molecule has 14 heavy (non-hydrogen) atoms. The molecule has 0 radical (unpaired) electrons. The van der Waals surface area contributed by atoms with Gasteiger partial charge in [0.05, 0.1) is 0 Å². The van der Waals surface area contributed by atoms with Crippen molar-refractivity contribution in [2.45, 2.75) is 6.42 Å². The first-order chi connectivity index (χ1) is 6.40. The van der Waals surface area contributed by atoms with Gasteiger partial charge in [0.25, 0.3) is 0 Å². The van der Waals surface area contributed by atoms with E-state index < -0.39 is 6.50 Å². The minimum absolute atomic E-state index is 0. The summed E-state index contributed by atoms with van der Waals surface area (Å²) in [5, 5.41) is 0. The lowest BCUT2D eigenvalue weighted by Gasteiger charge is -2.01. The molecule has 5 heteroatoms. The van der Waals surface area contributed by atoms with Gasteiger partial charge >= 0.3 is 0 Å². The van der Waals surface area contributed by atoms with Crippen LogP contribution in [-0.2, 0) is 0 Å². The fourth-order valence-corrected chi connectivity index (χ4v) is 0.939. The van der Waals surface area contributed by atoms with Crippen LogP contribution >= 0.6 is 34.0 Å². The Morgan fingerprint density at radius 2 is 1.93 bits per heavy atom. The van der Waals surface area contributed by atoms with Crippen molar-refractivity contribution in [3.8, 4) is 0 Å². The number of benzene rings is 1. The van der Waals surface area contributed by atoms with Crippen LogP contribution in [0.3, 0.4) is 0 Å². The summed E-state index contributed by atoms with van der Waals surface area (Å²) in [6.07, 6.45) is -0.360. The van der Waals surface area contributed by atoms with Crippen molar-refractivity contribution in [2.24, 2.45) is 5.73 Å². The van der Waals surface area contributed by atoms with Gasteiger partial charge in [-0.25, -0.2) is 0 Å². The lowest BCUT2D eigenvalue weighted by atomic mass is 10.1. The van der Waals surface area contributed by atoms with Crippen LogP contribution in [0.1, 0.15) is 19.5 Å². The normalized spacial score (nSPS) is 11.5. The number of Topliss-reactive ketones (excluding diaryl/α,β-unsaturated/α-hetero) is 1. The molecular weight excluding hydrogens is 313 g/mol. The maximum Gasteiger partial charge on any atom is 0.166 e. The highest BCUT2D eigenvalue weighted by Gasteiger charge is 2.06. The van der Waals surface area contributed by atoms with E-state index in [4.69, 9.17) is 14.2 Å². The number of carbonyl (C=O) groups excluding carboxylic acids is 1. The fraction of sp³-hybridized carbons (Fsp3) is 0.222. The number of hydrogen-bond acceptors (Lipinski definition) is 3. The summed E-state index contributed by atoms with van der Waals surface area (Å²) in [7, 11) is 0. The molecule has 0 atom stereocenters. The molecule has 0 fully saturated rings. The lowest BCUT2D eigenvalue weighted by molar-refractivity contribution is 0.0986. The number of hydrogen-bond donors (Lipinski definition) is 2. The Morgan fingerprint density at radius 1 is 1.36 bits per heavy atom. The monoisotopic (exact) mass is 327 g/mol. The third-order valence-electron chi connectivity index (χ3n) is 1.52.